The Balaban J connectivity index is 1.21. The van der Waals surface area contributed by atoms with Gasteiger partial charge in [0.05, 0.1) is 22.9 Å². The lowest BCUT2D eigenvalue weighted by Crippen LogP contribution is -2.50. The van der Waals surface area contributed by atoms with Crippen LogP contribution in [0.4, 0.5) is 0 Å². The summed E-state index contributed by atoms with van der Waals surface area (Å²) in [5, 5.41) is 3.83. The number of hydrogen-bond donors (Lipinski definition) is 1. The quantitative estimate of drug-likeness (QED) is 0.720. The summed E-state index contributed by atoms with van der Waals surface area (Å²) in [5.74, 6) is 0.942. The second-order valence-corrected chi connectivity index (χ2v) is 9.07. The minimum Gasteiger partial charge on any atom is -0.467 e. The summed E-state index contributed by atoms with van der Waals surface area (Å²) in [6, 6.07) is 9.18. The molecule has 0 aliphatic carbocycles. The first-order valence-electron chi connectivity index (χ1n) is 10.8. The normalized spacial score (nSPS) is 18.8. The first kappa shape index (κ1) is 22.2. The number of furan rings is 1. The Kier molecular flexibility index (Phi) is 7.20. The molecule has 1 N–H and O–H groups in total. The van der Waals surface area contributed by atoms with Crippen LogP contribution in [0.1, 0.15) is 41.8 Å². The molecular formula is C23H27Cl2N3O3. The molecule has 1 aromatic carbocycles. The monoisotopic (exact) mass is 463 g/mol. The standard InChI is InChI=1S/C23H27Cl2N3O3/c24-20-4-3-17(14-21(20)25)23(30)28-11-7-18(8-12-28)27-9-5-16(6-10-27)22(29)26-15-19-2-1-13-31-19/h1-4,13-14,16,18H,5-12,15H2,(H,26,29). The summed E-state index contributed by atoms with van der Waals surface area (Å²) in [7, 11) is 0. The number of halogens is 2. The predicted octanol–water partition coefficient (Wildman–Crippen LogP) is 4.22. The average Bonchev–Trinajstić information content (AvgIpc) is 3.33. The molecule has 3 heterocycles. The van der Waals surface area contributed by atoms with E-state index in [-0.39, 0.29) is 17.7 Å². The number of nitrogens with zero attached hydrogens (tertiary/aromatic N) is 2. The molecule has 2 amide bonds. The zero-order chi connectivity index (χ0) is 21.8. The Morgan fingerprint density at radius 1 is 1.00 bits per heavy atom. The van der Waals surface area contributed by atoms with Gasteiger partial charge in [0.2, 0.25) is 5.91 Å². The van der Waals surface area contributed by atoms with Gasteiger partial charge in [-0.1, -0.05) is 23.2 Å². The molecule has 2 aliphatic heterocycles. The lowest BCUT2D eigenvalue weighted by Gasteiger charge is -2.41. The molecular weight excluding hydrogens is 437 g/mol. The van der Waals surface area contributed by atoms with Gasteiger partial charge >= 0.3 is 0 Å². The number of amides is 2. The lowest BCUT2D eigenvalue weighted by molar-refractivity contribution is -0.127. The van der Waals surface area contributed by atoms with Crippen molar-refractivity contribution < 1.29 is 14.0 Å². The number of rotatable bonds is 5. The maximum absolute atomic E-state index is 12.8. The van der Waals surface area contributed by atoms with Crippen LogP contribution in [0.3, 0.4) is 0 Å². The van der Waals surface area contributed by atoms with Crippen LogP contribution in [0.25, 0.3) is 0 Å². The molecule has 0 radical (unpaired) electrons. The average molecular weight is 464 g/mol. The highest BCUT2D eigenvalue weighted by atomic mass is 35.5. The zero-order valence-corrected chi connectivity index (χ0v) is 18.9. The van der Waals surface area contributed by atoms with Gasteiger partial charge in [0.15, 0.2) is 0 Å². The predicted molar refractivity (Wildman–Crippen MR) is 120 cm³/mol. The van der Waals surface area contributed by atoms with Gasteiger partial charge in [-0.2, -0.15) is 0 Å². The van der Waals surface area contributed by atoms with E-state index in [1.807, 2.05) is 17.0 Å². The number of hydrogen-bond acceptors (Lipinski definition) is 4. The highest BCUT2D eigenvalue weighted by Crippen LogP contribution is 2.27. The smallest absolute Gasteiger partial charge is 0.253 e. The largest absolute Gasteiger partial charge is 0.467 e. The van der Waals surface area contributed by atoms with Gasteiger partial charge in [0.25, 0.3) is 5.91 Å². The summed E-state index contributed by atoms with van der Waals surface area (Å²) < 4.78 is 5.27. The second kappa shape index (κ2) is 10.1. The second-order valence-electron chi connectivity index (χ2n) is 8.26. The highest BCUT2D eigenvalue weighted by Gasteiger charge is 2.32. The van der Waals surface area contributed by atoms with Crippen molar-refractivity contribution in [3.8, 4) is 0 Å². The Morgan fingerprint density at radius 2 is 1.74 bits per heavy atom. The minimum atomic E-state index is 0.00366. The Labute approximate surface area is 192 Å². The van der Waals surface area contributed by atoms with E-state index in [9.17, 15) is 9.59 Å². The van der Waals surface area contributed by atoms with E-state index < -0.39 is 0 Å². The van der Waals surface area contributed by atoms with E-state index >= 15 is 0 Å². The summed E-state index contributed by atoms with van der Waals surface area (Å²) in [6.07, 6.45) is 5.24. The van der Waals surface area contributed by atoms with Gasteiger partial charge in [0, 0.05) is 30.6 Å². The summed E-state index contributed by atoms with van der Waals surface area (Å²) >= 11 is 12.0. The van der Waals surface area contributed by atoms with Crippen molar-refractivity contribution in [1.82, 2.24) is 15.1 Å². The van der Waals surface area contributed by atoms with Gasteiger partial charge in [-0.15, -0.1) is 0 Å². The number of piperidine rings is 2. The molecule has 0 saturated carbocycles. The molecule has 31 heavy (non-hydrogen) atoms. The van der Waals surface area contributed by atoms with Gasteiger partial charge in [-0.3, -0.25) is 9.59 Å². The van der Waals surface area contributed by atoms with Crippen molar-refractivity contribution in [2.45, 2.75) is 38.3 Å². The number of benzene rings is 1. The van der Waals surface area contributed by atoms with Crippen molar-refractivity contribution in [1.29, 1.82) is 0 Å². The molecule has 166 valence electrons. The molecule has 0 spiro atoms. The molecule has 4 rings (SSSR count). The molecule has 2 aliphatic rings. The highest BCUT2D eigenvalue weighted by molar-refractivity contribution is 6.42. The Hall–Kier alpha value is -2.02. The first-order chi connectivity index (χ1) is 15.0. The van der Waals surface area contributed by atoms with Crippen molar-refractivity contribution in [3.05, 3.63) is 58.0 Å². The Bertz CT molecular complexity index is 903. The van der Waals surface area contributed by atoms with Crippen LogP contribution in [0, 0.1) is 5.92 Å². The molecule has 0 bridgehead atoms. The topological polar surface area (TPSA) is 65.8 Å². The minimum absolute atomic E-state index is 0.00366. The number of carbonyl (C=O) groups is 2. The van der Waals surface area contributed by atoms with Crippen LogP contribution in [-0.4, -0.2) is 53.8 Å². The number of likely N-dealkylation sites (tertiary alicyclic amines) is 2. The van der Waals surface area contributed by atoms with Gasteiger partial charge in [-0.25, -0.2) is 0 Å². The number of nitrogens with one attached hydrogen (secondary N) is 1. The van der Waals surface area contributed by atoms with E-state index in [0.29, 0.717) is 28.2 Å². The first-order valence-corrected chi connectivity index (χ1v) is 11.6. The number of carbonyl (C=O) groups excluding carboxylic acids is 2. The van der Waals surface area contributed by atoms with E-state index in [2.05, 4.69) is 10.2 Å². The van der Waals surface area contributed by atoms with E-state index in [0.717, 1.165) is 57.6 Å². The molecule has 0 atom stereocenters. The van der Waals surface area contributed by atoms with Gasteiger partial charge in [0.1, 0.15) is 5.76 Å². The van der Waals surface area contributed by atoms with Crippen molar-refractivity contribution >= 4 is 35.0 Å². The van der Waals surface area contributed by atoms with Crippen molar-refractivity contribution in [2.75, 3.05) is 26.2 Å². The fourth-order valence-electron chi connectivity index (χ4n) is 4.50. The summed E-state index contributed by atoms with van der Waals surface area (Å²) in [4.78, 5) is 29.6. The molecule has 2 saturated heterocycles. The SMILES string of the molecule is O=C(NCc1ccco1)C1CCN(C2CCN(C(=O)c3ccc(Cl)c(Cl)c3)CC2)CC1. The lowest BCUT2D eigenvalue weighted by atomic mass is 9.92. The van der Waals surface area contributed by atoms with Gasteiger partial charge in [-0.05, 0) is 69.1 Å². The molecule has 1 aromatic heterocycles. The van der Waals surface area contributed by atoms with Gasteiger partial charge < -0.3 is 19.5 Å². The summed E-state index contributed by atoms with van der Waals surface area (Å²) in [6.45, 7) is 3.74. The molecule has 2 fully saturated rings. The van der Waals surface area contributed by atoms with E-state index in [1.165, 1.54) is 0 Å². The summed E-state index contributed by atoms with van der Waals surface area (Å²) in [5.41, 5.74) is 0.578. The molecule has 2 aromatic rings. The Morgan fingerprint density at radius 3 is 2.39 bits per heavy atom. The molecule has 8 heteroatoms. The maximum Gasteiger partial charge on any atom is 0.253 e. The van der Waals surface area contributed by atoms with Crippen LogP contribution in [-0.2, 0) is 11.3 Å². The van der Waals surface area contributed by atoms with Crippen LogP contribution < -0.4 is 5.32 Å². The van der Waals surface area contributed by atoms with E-state index in [1.54, 1.807) is 24.5 Å². The molecule has 6 nitrogen and oxygen atoms in total. The van der Waals surface area contributed by atoms with Crippen molar-refractivity contribution in [2.24, 2.45) is 5.92 Å². The fourth-order valence-corrected chi connectivity index (χ4v) is 4.80. The van der Waals surface area contributed by atoms with Crippen LogP contribution in [0.15, 0.2) is 41.0 Å². The van der Waals surface area contributed by atoms with E-state index in [4.69, 9.17) is 27.6 Å². The third-order valence-corrected chi connectivity index (χ3v) is 7.09. The fraction of sp³-hybridized carbons (Fsp3) is 0.478. The maximum atomic E-state index is 12.8. The third-order valence-electron chi connectivity index (χ3n) is 6.35. The van der Waals surface area contributed by atoms with Crippen LogP contribution >= 0.6 is 23.2 Å². The third kappa shape index (κ3) is 5.43. The van der Waals surface area contributed by atoms with Crippen molar-refractivity contribution in [3.63, 3.8) is 0 Å². The van der Waals surface area contributed by atoms with Crippen LogP contribution in [0.2, 0.25) is 10.0 Å². The molecule has 0 unspecified atom stereocenters. The zero-order valence-electron chi connectivity index (χ0n) is 17.4. The van der Waals surface area contributed by atoms with Crippen LogP contribution in [0.5, 0.6) is 0 Å².